The fourth-order valence-electron chi connectivity index (χ4n) is 2.50. The van der Waals surface area contributed by atoms with Crippen molar-refractivity contribution in [3.05, 3.63) is 89.1 Å². The summed E-state index contributed by atoms with van der Waals surface area (Å²) in [5.41, 5.74) is 0. The van der Waals surface area contributed by atoms with Gasteiger partial charge in [-0.2, -0.15) is 0 Å². The molecular formula is C20H10Br3Cl3. The predicted molar refractivity (Wildman–Crippen MR) is 126 cm³/mol. The van der Waals surface area contributed by atoms with E-state index in [1.807, 2.05) is 48.5 Å². The highest BCUT2D eigenvalue weighted by Crippen LogP contribution is 2.36. The van der Waals surface area contributed by atoms with Crippen LogP contribution in [0, 0.1) is 0 Å². The molecule has 0 heterocycles. The quantitative estimate of drug-likeness (QED) is 0.177. The van der Waals surface area contributed by atoms with E-state index in [-0.39, 0.29) is 0 Å². The van der Waals surface area contributed by atoms with Crippen LogP contribution in [0.4, 0.5) is 0 Å². The highest BCUT2D eigenvalue weighted by atomic mass is 79.9. The molecule has 4 rings (SSSR count). The molecule has 0 radical (unpaired) electrons. The van der Waals surface area contributed by atoms with Crippen LogP contribution in [0.15, 0.2) is 74.1 Å². The molecule has 0 bridgehead atoms. The van der Waals surface area contributed by atoms with Crippen LogP contribution in [-0.4, -0.2) is 0 Å². The van der Waals surface area contributed by atoms with Gasteiger partial charge in [-0.25, -0.2) is 0 Å². The van der Waals surface area contributed by atoms with Crippen molar-refractivity contribution in [1.82, 2.24) is 0 Å². The maximum atomic E-state index is 6.01. The average Bonchev–Trinajstić information content (AvgIpc) is 2.64. The second kappa shape index (κ2) is 8.81. The Labute approximate surface area is 191 Å². The van der Waals surface area contributed by atoms with Crippen LogP contribution >= 0.6 is 82.6 Å². The highest BCUT2D eigenvalue weighted by Gasteiger charge is 2.07. The summed E-state index contributed by atoms with van der Waals surface area (Å²) < 4.78 is 3.31. The normalized spacial score (nSPS) is 10.7. The van der Waals surface area contributed by atoms with Gasteiger partial charge in [0, 0.05) is 18.8 Å². The van der Waals surface area contributed by atoms with Crippen LogP contribution in [0.3, 0.4) is 0 Å². The number of hydrogen-bond acceptors (Lipinski definition) is 0. The first kappa shape index (κ1) is 20.4. The first-order chi connectivity index (χ1) is 12.4. The minimum atomic E-state index is 0.419. The van der Waals surface area contributed by atoms with E-state index >= 15 is 0 Å². The summed E-state index contributed by atoms with van der Waals surface area (Å²) in [5, 5.41) is 5.79. The molecule has 132 valence electrons. The van der Waals surface area contributed by atoms with Crippen LogP contribution < -0.4 is 0 Å². The van der Waals surface area contributed by atoms with Gasteiger partial charge in [-0.3, -0.25) is 0 Å². The molecule has 0 aliphatic heterocycles. The second-order valence-electron chi connectivity index (χ2n) is 5.40. The largest absolute Gasteiger partial charge is 0.0826 e. The molecule has 0 atom stereocenters. The monoisotopic (exact) mass is 592 g/mol. The van der Waals surface area contributed by atoms with Crippen LogP contribution in [-0.2, 0) is 0 Å². The third kappa shape index (κ3) is 4.24. The van der Waals surface area contributed by atoms with Crippen LogP contribution in [0.2, 0.25) is 15.1 Å². The smallest absolute Gasteiger partial charge is 0.0785 e. The van der Waals surface area contributed by atoms with Gasteiger partial charge in [0.2, 0.25) is 0 Å². The topological polar surface area (TPSA) is 0 Å². The number of rotatable bonds is 0. The van der Waals surface area contributed by atoms with E-state index in [1.54, 1.807) is 0 Å². The molecule has 0 aliphatic carbocycles. The summed E-state index contributed by atoms with van der Waals surface area (Å²) in [5.74, 6) is 0. The number of hydrogen-bond donors (Lipinski definition) is 0. The van der Waals surface area contributed by atoms with E-state index in [0.717, 1.165) is 24.2 Å². The Morgan fingerprint density at radius 1 is 0.577 bits per heavy atom. The predicted octanol–water partition coefficient (Wildman–Crippen LogP) is 9.93. The minimum absolute atomic E-state index is 0.419. The van der Waals surface area contributed by atoms with Crippen LogP contribution in [0.1, 0.15) is 0 Å². The number of fused-ring (bicyclic) bond motifs is 2. The molecule has 6 heteroatoms. The molecule has 4 aromatic carbocycles. The lowest BCUT2D eigenvalue weighted by atomic mass is 10.1. The first-order valence-corrected chi connectivity index (χ1v) is 11.0. The maximum Gasteiger partial charge on any atom is 0.0785 e. The molecule has 0 aromatic heterocycles. The molecule has 0 saturated heterocycles. The van der Waals surface area contributed by atoms with E-state index in [4.69, 9.17) is 34.8 Å². The zero-order valence-electron chi connectivity index (χ0n) is 13.0. The molecule has 0 saturated carbocycles. The van der Waals surface area contributed by atoms with Crippen molar-refractivity contribution in [3.63, 3.8) is 0 Å². The third-order valence-electron chi connectivity index (χ3n) is 3.78. The molecule has 0 spiro atoms. The van der Waals surface area contributed by atoms with Gasteiger partial charge in [0.05, 0.1) is 15.1 Å². The fourth-order valence-corrected chi connectivity index (χ4v) is 4.51. The van der Waals surface area contributed by atoms with Gasteiger partial charge in [-0.1, -0.05) is 93.2 Å². The minimum Gasteiger partial charge on any atom is -0.0826 e. The van der Waals surface area contributed by atoms with Gasteiger partial charge in [-0.15, -0.1) is 0 Å². The Morgan fingerprint density at radius 2 is 1.27 bits per heavy atom. The molecule has 0 amide bonds. The first-order valence-electron chi connectivity index (χ1n) is 7.44. The van der Waals surface area contributed by atoms with E-state index in [9.17, 15) is 0 Å². The van der Waals surface area contributed by atoms with E-state index in [2.05, 4.69) is 59.9 Å². The van der Waals surface area contributed by atoms with Crippen molar-refractivity contribution in [2.45, 2.75) is 0 Å². The zero-order chi connectivity index (χ0) is 18.8. The second-order valence-corrected chi connectivity index (χ2v) is 9.07. The zero-order valence-corrected chi connectivity index (χ0v) is 20.1. The number of halogens is 6. The summed E-state index contributed by atoms with van der Waals surface area (Å²) in [6.07, 6.45) is 0. The molecule has 26 heavy (non-hydrogen) atoms. The summed E-state index contributed by atoms with van der Waals surface area (Å²) in [6.45, 7) is 0. The van der Waals surface area contributed by atoms with Gasteiger partial charge in [0.15, 0.2) is 0 Å². The van der Waals surface area contributed by atoms with E-state index in [0.29, 0.717) is 15.1 Å². The molecule has 4 aromatic rings. The summed E-state index contributed by atoms with van der Waals surface area (Å²) in [4.78, 5) is 0. The van der Waals surface area contributed by atoms with Crippen molar-refractivity contribution < 1.29 is 0 Å². The Hall–Kier alpha value is -0.290. The molecule has 0 nitrogen and oxygen atoms in total. The van der Waals surface area contributed by atoms with E-state index in [1.165, 1.54) is 10.8 Å². The van der Waals surface area contributed by atoms with Gasteiger partial charge < -0.3 is 0 Å². The fraction of sp³-hybridized carbons (Fsp3) is 0. The summed E-state index contributed by atoms with van der Waals surface area (Å²) in [6, 6.07) is 19.8. The Balaban J connectivity index is 0.000000151. The standard InChI is InChI=1S/C10H5Br3.C10H5Cl3/c11-8-3-1-2-7-6(8)4-5-9(12)10(7)13;11-8-5-6-3-1-2-4-7(6)9(12)10(8)13/h2*1-5H. The van der Waals surface area contributed by atoms with Crippen molar-refractivity contribution >= 4 is 104 Å². The number of benzene rings is 4. The van der Waals surface area contributed by atoms with Crippen LogP contribution in [0.5, 0.6) is 0 Å². The van der Waals surface area contributed by atoms with Gasteiger partial charge in [0.1, 0.15) is 0 Å². The lowest BCUT2D eigenvalue weighted by Crippen LogP contribution is -1.77. The highest BCUT2D eigenvalue weighted by molar-refractivity contribution is 9.13. The van der Waals surface area contributed by atoms with Crippen molar-refractivity contribution in [2.24, 2.45) is 0 Å². The molecule has 0 aliphatic rings. The summed E-state index contributed by atoms with van der Waals surface area (Å²) >= 11 is 28.3. The van der Waals surface area contributed by atoms with Crippen molar-refractivity contribution in [3.8, 4) is 0 Å². The SMILES string of the molecule is Brc1ccc2c(Br)cccc2c1Br.Clc1cc2ccccc2c(Cl)c1Cl. The van der Waals surface area contributed by atoms with Gasteiger partial charge in [0.25, 0.3) is 0 Å². The lowest BCUT2D eigenvalue weighted by Gasteiger charge is -2.04. The third-order valence-corrected chi connectivity index (χ3v) is 7.79. The molecule has 0 fully saturated rings. The maximum absolute atomic E-state index is 6.01. The Morgan fingerprint density at radius 3 is 2.04 bits per heavy atom. The summed E-state index contributed by atoms with van der Waals surface area (Å²) in [7, 11) is 0. The molecule has 0 unspecified atom stereocenters. The Bertz CT molecular complexity index is 1110. The molecule has 0 N–H and O–H groups in total. The van der Waals surface area contributed by atoms with Gasteiger partial charge in [-0.05, 0) is 66.2 Å². The average molecular weight is 596 g/mol. The molecular weight excluding hydrogens is 586 g/mol. The van der Waals surface area contributed by atoms with E-state index < -0.39 is 0 Å². The van der Waals surface area contributed by atoms with Crippen molar-refractivity contribution in [2.75, 3.05) is 0 Å². The van der Waals surface area contributed by atoms with Crippen LogP contribution in [0.25, 0.3) is 21.5 Å². The Kier molecular flexibility index (Phi) is 6.93. The van der Waals surface area contributed by atoms with Gasteiger partial charge >= 0.3 is 0 Å². The lowest BCUT2D eigenvalue weighted by molar-refractivity contribution is 1.63. The van der Waals surface area contributed by atoms with Crippen molar-refractivity contribution in [1.29, 1.82) is 0 Å².